The van der Waals surface area contributed by atoms with Crippen molar-refractivity contribution in [3.8, 4) is 0 Å². The average Bonchev–Trinajstić information content (AvgIpc) is 2.95. The zero-order chi connectivity index (χ0) is 10.8. The molecule has 0 saturated heterocycles. The van der Waals surface area contributed by atoms with Gasteiger partial charge >= 0.3 is 6.03 Å². The van der Waals surface area contributed by atoms with Crippen molar-refractivity contribution in [2.24, 2.45) is 0 Å². The summed E-state index contributed by atoms with van der Waals surface area (Å²) in [5, 5.41) is 5.41. The molecule has 1 fully saturated rings. The van der Waals surface area contributed by atoms with Crippen molar-refractivity contribution in [1.29, 1.82) is 0 Å². The van der Waals surface area contributed by atoms with E-state index >= 15 is 0 Å². The lowest BCUT2D eigenvalue weighted by Gasteiger charge is -2.09. The molecule has 0 unspecified atom stereocenters. The Balaban J connectivity index is 2.01. The van der Waals surface area contributed by atoms with Gasteiger partial charge in [0, 0.05) is 11.7 Å². The Labute approximate surface area is 87.7 Å². The van der Waals surface area contributed by atoms with Crippen LogP contribution >= 0.6 is 0 Å². The largest absolute Gasteiger partial charge is 0.335 e. The number of carbonyl (C=O) groups excluding carboxylic acids is 1. The summed E-state index contributed by atoms with van der Waals surface area (Å²) in [7, 11) is 0. The van der Waals surface area contributed by atoms with Gasteiger partial charge in [-0.3, -0.25) is 0 Å². The standard InChI is InChI=1S/C11H13FN2O/c1-7-2-3-8(12)6-10(7)14-11(15)13-9-4-5-9/h2-3,6,9H,4-5H2,1H3,(H2,13,14,15). The van der Waals surface area contributed by atoms with E-state index in [4.69, 9.17) is 0 Å². The molecule has 2 amide bonds. The lowest BCUT2D eigenvalue weighted by atomic mass is 10.2. The van der Waals surface area contributed by atoms with Crippen LogP contribution in [-0.2, 0) is 0 Å². The van der Waals surface area contributed by atoms with E-state index in [9.17, 15) is 9.18 Å². The minimum Gasteiger partial charge on any atom is -0.335 e. The van der Waals surface area contributed by atoms with E-state index in [2.05, 4.69) is 10.6 Å². The quantitative estimate of drug-likeness (QED) is 0.770. The first-order valence-corrected chi connectivity index (χ1v) is 4.99. The molecule has 4 heteroatoms. The zero-order valence-corrected chi connectivity index (χ0v) is 8.51. The number of carbonyl (C=O) groups is 1. The third-order valence-corrected chi connectivity index (χ3v) is 2.36. The second-order valence-electron chi connectivity index (χ2n) is 3.83. The van der Waals surface area contributed by atoms with E-state index in [1.807, 2.05) is 6.92 Å². The molecule has 1 aliphatic rings. The molecule has 0 aromatic heterocycles. The number of benzene rings is 1. The van der Waals surface area contributed by atoms with Gasteiger partial charge in [-0.25, -0.2) is 9.18 Å². The summed E-state index contributed by atoms with van der Waals surface area (Å²) in [6.45, 7) is 1.83. The van der Waals surface area contributed by atoms with Crippen molar-refractivity contribution in [2.45, 2.75) is 25.8 Å². The molecule has 2 N–H and O–H groups in total. The molecule has 1 saturated carbocycles. The number of urea groups is 1. The lowest BCUT2D eigenvalue weighted by molar-refractivity contribution is 0.251. The van der Waals surface area contributed by atoms with Gasteiger partial charge in [-0.05, 0) is 37.5 Å². The predicted molar refractivity (Wildman–Crippen MR) is 56.3 cm³/mol. The van der Waals surface area contributed by atoms with Gasteiger partial charge in [-0.15, -0.1) is 0 Å². The highest BCUT2D eigenvalue weighted by atomic mass is 19.1. The minimum atomic E-state index is -0.345. The molecule has 3 nitrogen and oxygen atoms in total. The smallest absolute Gasteiger partial charge is 0.319 e. The molecule has 0 bridgehead atoms. The van der Waals surface area contributed by atoms with Crippen molar-refractivity contribution >= 4 is 11.7 Å². The summed E-state index contributed by atoms with van der Waals surface area (Å²) in [5.74, 6) is -0.345. The van der Waals surface area contributed by atoms with Gasteiger partial charge in [-0.1, -0.05) is 6.07 Å². The van der Waals surface area contributed by atoms with Crippen molar-refractivity contribution < 1.29 is 9.18 Å². The molecule has 0 atom stereocenters. The molecule has 80 valence electrons. The fourth-order valence-electron chi connectivity index (χ4n) is 1.30. The van der Waals surface area contributed by atoms with Crippen LogP contribution in [0.2, 0.25) is 0 Å². The summed E-state index contributed by atoms with van der Waals surface area (Å²) < 4.78 is 12.9. The van der Waals surface area contributed by atoms with Crippen LogP contribution in [0.4, 0.5) is 14.9 Å². The number of nitrogens with one attached hydrogen (secondary N) is 2. The van der Waals surface area contributed by atoms with Crippen LogP contribution < -0.4 is 10.6 Å². The maximum Gasteiger partial charge on any atom is 0.319 e. The topological polar surface area (TPSA) is 41.1 Å². The van der Waals surface area contributed by atoms with Crippen molar-refractivity contribution in [2.75, 3.05) is 5.32 Å². The van der Waals surface area contributed by atoms with Crippen LogP contribution in [0, 0.1) is 12.7 Å². The Bertz CT molecular complexity index is 388. The maximum atomic E-state index is 12.9. The second-order valence-corrected chi connectivity index (χ2v) is 3.83. The predicted octanol–water partition coefficient (Wildman–Crippen LogP) is 2.42. The normalized spacial score (nSPS) is 14.8. The van der Waals surface area contributed by atoms with Crippen LogP contribution in [-0.4, -0.2) is 12.1 Å². The van der Waals surface area contributed by atoms with Crippen molar-refractivity contribution in [3.05, 3.63) is 29.6 Å². The summed E-state index contributed by atoms with van der Waals surface area (Å²) in [6.07, 6.45) is 2.07. The summed E-state index contributed by atoms with van der Waals surface area (Å²) in [5.41, 5.74) is 1.37. The summed E-state index contributed by atoms with van der Waals surface area (Å²) in [6, 6.07) is 4.38. The summed E-state index contributed by atoms with van der Waals surface area (Å²) >= 11 is 0. The molecular weight excluding hydrogens is 195 g/mol. The number of anilines is 1. The Morgan fingerprint density at radius 3 is 2.87 bits per heavy atom. The molecular formula is C11H13FN2O. The number of amides is 2. The maximum absolute atomic E-state index is 12.9. The molecule has 15 heavy (non-hydrogen) atoms. The number of hydrogen-bond acceptors (Lipinski definition) is 1. The van der Waals surface area contributed by atoms with E-state index in [1.54, 1.807) is 6.07 Å². The third kappa shape index (κ3) is 2.68. The highest BCUT2D eigenvalue weighted by molar-refractivity contribution is 5.90. The second kappa shape index (κ2) is 3.88. The molecule has 1 aromatic rings. The van der Waals surface area contributed by atoms with Gasteiger partial charge < -0.3 is 10.6 Å². The van der Waals surface area contributed by atoms with Gasteiger partial charge in [0.2, 0.25) is 0 Å². The van der Waals surface area contributed by atoms with Crippen molar-refractivity contribution in [3.63, 3.8) is 0 Å². The molecule has 0 spiro atoms. The fourth-order valence-corrected chi connectivity index (χ4v) is 1.30. The van der Waals surface area contributed by atoms with Gasteiger partial charge in [0.1, 0.15) is 5.82 Å². The fraction of sp³-hybridized carbons (Fsp3) is 0.364. The molecule has 1 aromatic carbocycles. The van der Waals surface area contributed by atoms with Crippen molar-refractivity contribution in [1.82, 2.24) is 5.32 Å². The van der Waals surface area contributed by atoms with E-state index in [-0.39, 0.29) is 11.8 Å². The number of aryl methyl sites for hydroxylation is 1. The van der Waals surface area contributed by atoms with E-state index < -0.39 is 0 Å². The molecule has 2 rings (SSSR count). The Morgan fingerprint density at radius 2 is 2.20 bits per heavy atom. The van der Waals surface area contributed by atoms with Crippen LogP contribution in [0.3, 0.4) is 0 Å². The van der Waals surface area contributed by atoms with Crippen LogP contribution in [0.5, 0.6) is 0 Å². The highest BCUT2D eigenvalue weighted by Gasteiger charge is 2.23. The zero-order valence-electron chi connectivity index (χ0n) is 8.51. The molecule has 0 aliphatic heterocycles. The van der Waals surface area contributed by atoms with Crippen LogP contribution in [0.25, 0.3) is 0 Å². The highest BCUT2D eigenvalue weighted by Crippen LogP contribution is 2.20. The minimum absolute atomic E-state index is 0.258. The molecule has 0 heterocycles. The first-order chi connectivity index (χ1) is 7.15. The monoisotopic (exact) mass is 208 g/mol. The van der Waals surface area contributed by atoms with Crippen LogP contribution in [0.15, 0.2) is 18.2 Å². The first-order valence-electron chi connectivity index (χ1n) is 4.99. The van der Waals surface area contributed by atoms with Gasteiger partial charge in [-0.2, -0.15) is 0 Å². The molecule has 0 radical (unpaired) electrons. The Kier molecular flexibility index (Phi) is 2.58. The molecule has 1 aliphatic carbocycles. The SMILES string of the molecule is Cc1ccc(F)cc1NC(=O)NC1CC1. The van der Waals surface area contributed by atoms with E-state index in [0.29, 0.717) is 11.7 Å². The Hall–Kier alpha value is -1.58. The van der Waals surface area contributed by atoms with Gasteiger partial charge in [0.25, 0.3) is 0 Å². The van der Waals surface area contributed by atoms with Crippen LogP contribution in [0.1, 0.15) is 18.4 Å². The Morgan fingerprint density at radius 1 is 1.47 bits per heavy atom. The number of rotatable bonds is 2. The number of hydrogen-bond donors (Lipinski definition) is 2. The van der Waals surface area contributed by atoms with Gasteiger partial charge in [0.05, 0.1) is 0 Å². The van der Waals surface area contributed by atoms with Gasteiger partial charge in [0.15, 0.2) is 0 Å². The average molecular weight is 208 g/mol. The van der Waals surface area contributed by atoms with E-state index in [0.717, 1.165) is 18.4 Å². The third-order valence-electron chi connectivity index (χ3n) is 2.36. The summed E-state index contributed by atoms with van der Waals surface area (Å²) in [4.78, 5) is 11.4. The lowest BCUT2D eigenvalue weighted by Crippen LogP contribution is -2.30. The first kappa shape index (κ1) is 9.96. The number of halogens is 1. The van der Waals surface area contributed by atoms with E-state index in [1.165, 1.54) is 12.1 Å².